The smallest absolute Gasteiger partial charge is 0.133 e. The number of aliphatic imine (C=N–C) groups is 1. The summed E-state index contributed by atoms with van der Waals surface area (Å²) in [5.74, 6) is 0. The first-order chi connectivity index (χ1) is 8.69. The zero-order chi connectivity index (χ0) is 12.6. The third kappa shape index (κ3) is 2.06. The van der Waals surface area contributed by atoms with Crippen LogP contribution in [0.1, 0.15) is 24.0 Å². The summed E-state index contributed by atoms with van der Waals surface area (Å²) >= 11 is 5.45. The highest BCUT2D eigenvalue weighted by Gasteiger charge is 2.38. The second-order valence-electron chi connectivity index (χ2n) is 5.06. The maximum Gasteiger partial charge on any atom is 0.133 e. The Hall–Kier alpha value is -1.26. The van der Waals surface area contributed by atoms with E-state index in [-0.39, 0.29) is 5.66 Å². The van der Waals surface area contributed by atoms with Gasteiger partial charge in [-0.05, 0) is 20.0 Å². The van der Waals surface area contributed by atoms with Crippen molar-refractivity contribution in [1.82, 2.24) is 10.6 Å². The standard InChI is InChI=1S/C14H17N3S/c1-10-2-4-11(5-3-10)12-13(18)17-14(16-12)6-8-15-9-7-14/h2-5,15H,6-9H2,1H3,(H,17,18). The molecule has 0 atom stereocenters. The molecule has 0 saturated carbocycles. The number of hydrogen-bond donors (Lipinski definition) is 2. The molecule has 4 heteroatoms. The average Bonchev–Trinajstić information content (AvgIpc) is 2.68. The van der Waals surface area contributed by atoms with Gasteiger partial charge in [-0.2, -0.15) is 0 Å². The van der Waals surface area contributed by atoms with Crippen LogP contribution in [-0.2, 0) is 0 Å². The van der Waals surface area contributed by atoms with Gasteiger partial charge in [0.1, 0.15) is 16.4 Å². The van der Waals surface area contributed by atoms with Gasteiger partial charge in [0.25, 0.3) is 0 Å². The van der Waals surface area contributed by atoms with Crippen molar-refractivity contribution >= 4 is 22.9 Å². The molecule has 0 bridgehead atoms. The van der Waals surface area contributed by atoms with Crippen molar-refractivity contribution in [3.05, 3.63) is 35.4 Å². The van der Waals surface area contributed by atoms with Crippen LogP contribution >= 0.6 is 12.2 Å². The maximum absolute atomic E-state index is 5.45. The molecule has 1 aromatic rings. The molecule has 1 saturated heterocycles. The number of hydrogen-bond acceptors (Lipinski definition) is 3. The molecule has 2 aliphatic heterocycles. The SMILES string of the molecule is Cc1ccc(C2=NC3(CCNCC3)NC2=S)cc1. The van der Waals surface area contributed by atoms with E-state index in [9.17, 15) is 0 Å². The maximum atomic E-state index is 5.45. The van der Waals surface area contributed by atoms with Gasteiger partial charge < -0.3 is 10.6 Å². The van der Waals surface area contributed by atoms with Gasteiger partial charge in [-0.3, -0.25) is 4.99 Å². The van der Waals surface area contributed by atoms with E-state index in [4.69, 9.17) is 17.2 Å². The van der Waals surface area contributed by atoms with Gasteiger partial charge in [-0.15, -0.1) is 0 Å². The number of thiocarbonyl (C=S) groups is 1. The van der Waals surface area contributed by atoms with E-state index in [2.05, 4.69) is 41.8 Å². The van der Waals surface area contributed by atoms with Gasteiger partial charge in [0.2, 0.25) is 0 Å². The summed E-state index contributed by atoms with van der Waals surface area (Å²) in [4.78, 5) is 5.68. The number of piperidine rings is 1. The molecule has 0 amide bonds. The van der Waals surface area contributed by atoms with Gasteiger partial charge in [-0.25, -0.2) is 0 Å². The van der Waals surface area contributed by atoms with Crippen molar-refractivity contribution in [3.8, 4) is 0 Å². The van der Waals surface area contributed by atoms with Gasteiger partial charge in [0, 0.05) is 18.4 Å². The highest BCUT2D eigenvalue weighted by molar-refractivity contribution is 7.82. The number of benzene rings is 1. The number of nitrogens with zero attached hydrogens (tertiary/aromatic N) is 1. The molecule has 1 spiro atoms. The van der Waals surface area contributed by atoms with Crippen LogP contribution in [0.3, 0.4) is 0 Å². The second kappa shape index (κ2) is 4.44. The number of aryl methyl sites for hydroxylation is 1. The Labute approximate surface area is 113 Å². The predicted octanol–water partition coefficient (Wildman–Crippen LogP) is 1.79. The van der Waals surface area contributed by atoms with Gasteiger partial charge >= 0.3 is 0 Å². The fourth-order valence-corrected chi connectivity index (χ4v) is 2.90. The molecule has 2 N–H and O–H groups in total. The Balaban J connectivity index is 1.93. The predicted molar refractivity (Wildman–Crippen MR) is 78.3 cm³/mol. The fraction of sp³-hybridized carbons (Fsp3) is 0.429. The van der Waals surface area contributed by atoms with E-state index in [0.29, 0.717) is 0 Å². The molecule has 1 fully saturated rings. The van der Waals surface area contributed by atoms with Crippen LogP contribution in [0, 0.1) is 6.92 Å². The van der Waals surface area contributed by atoms with Crippen LogP contribution in [0.25, 0.3) is 0 Å². The van der Waals surface area contributed by atoms with Crippen LogP contribution in [0.4, 0.5) is 0 Å². The molecule has 94 valence electrons. The Morgan fingerprint density at radius 3 is 2.50 bits per heavy atom. The molecule has 0 radical (unpaired) electrons. The molecular weight excluding hydrogens is 242 g/mol. The lowest BCUT2D eigenvalue weighted by Gasteiger charge is -2.31. The van der Waals surface area contributed by atoms with Crippen molar-refractivity contribution in [2.75, 3.05) is 13.1 Å². The molecule has 0 aliphatic carbocycles. The Bertz CT molecular complexity index is 498. The minimum Gasteiger partial charge on any atom is -0.350 e. The van der Waals surface area contributed by atoms with Crippen molar-refractivity contribution in [1.29, 1.82) is 0 Å². The quantitative estimate of drug-likeness (QED) is 0.755. The van der Waals surface area contributed by atoms with Crippen LogP contribution < -0.4 is 10.6 Å². The lowest BCUT2D eigenvalue weighted by molar-refractivity contribution is 0.300. The molecule has 18 heavy (non-hydrogen) atoms. The molecule has 2 aliphatic rings. The lowest BCUT2D eigenvalue weighted by atomic mass is 10.00. The molecule has 3 rings (SSSR count). The highest BCUT2D eigenvalue weighted by Crippen LogP contribution is 2.26. The van der Waals surface area contributed by atoms with E-state index in [0.717, 1.165) is 42.2 Å². The summed E-state index contributed by atoms with van der Waals surface area (Å²) in [5.41, 5.74) is 3.18. The van der Waals surface area contributed by atoms with Crippen LogP contribution in [0.5, 0.6) is 0 Å². The van der Waals surface area contributed by atoms with E-state index in [1.165, 1.54) is 5.56 Å². The van der Waals surface area contributed by atoms with Crippen molar-refractivity contribution in [2.45, 2.75) is 25.4 Å². The summed E-state index contributed by atoms with van der Waals surface area (Å²) in [6, 6.07) is 8.41. The third-order valence-electron chi connectivity index (χ3n) is 3.64. The molecule has 0 unspecified atom stereocenters. The Kier molecular flexibility index (Phi) is 2.92. The first-order valence-corrected chi connectivity index (χ1v) is 6.80. The Morgan fingerprint density at radius 1 is 1.17 bits per heavy atom. The normalized spacial score (nSPS) is 21.8. The number of rotatable bonds is 1. The van der Waals surface area contributed by atoms with E-state index in [1.807, 2.05) is 0 Å². The molecule has 1 aromatic carbocycles. The Morgan fingerprint density at radius 2 is 1.83 bits per heavy atom. The molecule has 2 heterocycles. The van der Waals surface area contributed by atoms with Crippen molar-refractivity contribution < 1.29 is 0 Å². The van der Waals surface area contributed by atoms with Crippen LogP contribution in [0.2, 0.25) is 0 Å². The zero-order valence-corrected chi connectivity index (χ0v) is 11.3. The summed E-state index contributed by atoms with van der Waals surface area (Å²) < 4.78 is 0. The second-order valence-corrected chi connectivity index (χ2v) is 5.47. The van der Waals surface area contributed by atoms with Crippen molar-refractivity contribution in [3.63, 3.8) is 0 Å². The lowest BCUT2D eigenvalue weighted by Crippen LogP contribution is -2.49. The molecule has 3 nitrogen and oxygen atoms in total. The van der Waals surface area contributed by atoms with Gasteiger partial charge in [0.05, 0.1) is 0 Å². The van der Waals surface area contributed by atoms with E-state index in [1.54, 1.807) is 0 Å². The van der Waals surface area contributed by atoms with Crippen LogP contribution in [0.15, 0.2) is 29.3 Å². The van der Waals surface area contributed by atoms with Gasteiger partial charge in [-0.1, -0.05) is 42.0 Å². The zero-order valence-electron chi connectivity index (χ0n) is 10.5. The first kappa shape index (κ1) is 11.8. The largest absolute Gasteiger partial charge is 0.350 e. The van der Waals surface area contributed by atoms with Crippen LogP contribution in [-0.4, -0.2) is 29.5 Å². The molecule has 0 aromatic heterocycles. The van der Waals surface area contributed by atoms with E-state index < -0.39 is 0 Å². The average molecular weight is 259 g/mol. The van der Waals surface area contributed by atoms with E-state index >= 15 is 0 Å². The monoisotopic (exact) mass is 259 g/mol. The van der Waals surface area contributed by atoms with Gasteiger partial charge in [0.15, 0.2) is 0 Å². The minimum absolute atomic E-state index is 0.150. The summed E-state index contributed by atoms with van der Waals surface area (Å²) in [5, 5.41) is 6.78. The molecular formula is C14H17N3S. The fourth-order valence-electron chi connectivity index (χ4n) is 2.55. The topological polar surface area (TPSA) is 36.4 Å². The summed E-state index contributed by atoms with van der Waals surface area (Å²) in [6.07, 6.45) is 2.00. The summed E-state index contributed by atoms with van der Waals surface area (Å²) in [7, 11) is 0. The summed E-state index contributed by atoms with van der Waals surface area (Å²) in [6.45, 7) is 4.09. The minimum atomic E-state index is -0.150. The van der Waals surface area contributed by atoms with Crippen molar-refractivity contribution in [2.24, 2.45) is 4.99 Å². The number of nitrogens with one attached hydrogen (secondary N) is 2. The first-order valence-electron chi connectivity index (χ1n) is 6.39. The third-order valence-corrected chi connectivity index (χ3v) is 3.94. The highest BCUT2D eigenvalue weighted by atomic mass is 32.1.